The highest BCUT2D eigenvalue weighted by Crippen LogP contribution is 2.24. The summed E-state index contributed by atoms with van der Waals surface area (Å²) >= 11 is 0. The number of rotatable bonds is 7. The number of nitrogens with two attached hydrogens (primary N) is 1. The molecular weight excluding hydrogens is 212 g/mol. The summed E-state index contributed by atoms with van der Waals surface area (Å²) in [6.07, 6.45) is 3.32. The molecule has 0 aliphatic rings. The maximum Gasteiger partial charge on any atom is 0.122 e. The lowest BCUT2D eigenvalue weighted by atomic mass is 10.1. The molecule has 0 aliphatic heterocycles. The second-order valence-electron chi connectivity index (χ2n) is 4.71. The van der Waals surface area contributed by atoms with Crippen molar-refractivity contribution >= 4 is 0 Å². The van der Waals surface area contributed by atoms with Crippen LogP contribution in [0.1, 0.15) is 51.2 Å². The Morgan fingerprint density at radius 2 is 2.06 bits per heavy atom. The molecule has 0 aromatic carbocycles. The van der Waals surface area contributed by atoms with Crippen LogP contribution in [0, 0.1) is 0 Å². The van der Waals surface area contributed by atoms with Crippen LogP contribution >= 0.6 is 0 Å². The molecule has 1 rings (SSSR count). The van der Waals surface area contributed by atoms with Gasteiger partial charge in [0.15, 0.2) is 0 Å². The van der Waals surface area contributed by atoms with E-state index in [4.69, 9.17) is 10.2 Å². The lowest BCUT2D eigenvalue weighted by Crippen LogP contribution is -2.36. The van der Waals surface area contributed by atoms with Crippen LogP contribution in [0.3, 0.4) is 0 Å². The predicted molar refractivity (Wildman–Crippen MR) is 72.0 cm³/mol. The molecule has 0 bridgehead atoms. The van der Waals surface area contributed by atoms with E-state index in [1.807, 2.05) is 0 Å². The van der Waals surface area contributed by atoms with Crippen LogP contribution < -0.4 is 5.73 Å². The van der Waals surface area contributed by atoms with E-state index in [2.05, 4.69) is 44.9 Å². The summed E-state index contributed by atoms with van der Waals surface area (Å²) < 4.78 is 5.81. The Hall–Kier alpha value is -0.800. The summed E-state index contributed by atoms with van der Waals surface area (Å²) in [5.74, 6) is 2.03. The van der Waals surface area contributed by atoms with Crippen molar-refractivity contribution in [2.45, 2.75) is 52.1 Å². The summed E-state index contributed by atoms with van der Waals surface area (Å²) in [5.41, 5.74) is 5.89. The average molecular weight is 238 g/mol. The topological polar surface area (TPSA) is 42.4 Å². The lowest BCUT2D eigenvalue weighted by Gasteiger charge is -2.31. The monoisotopic (exact) mass is 238 g/mol. The van der Waals surface area contributed by atoms with E-state index in [1.54, 1.807) is 0 Å². The lowest BCUT2D eigenvalue weighted by molar-refractivity contribution is 0.159. The van der Waals surface area contributed by atoms with Crippen molar-refractivity contribution in [3.05, 3.63) is 23.7 Å². The Morgan fingerprint density at radius 3 is 2.53 bits per heavy atom. The van der Waals surface area contributed by atoms with Crippen LogP contribution in [0.2, 0.25) is 0 Å². The molecule has 0 saturated heterocycles. The molecule has 0 amide bonds. The van der Waals surface area contributed by atoms with Crippen LogP contribution in [0.25, 0.3) is 0 Å². The van der Waals surface area contributed by atoms with Gasteiger partial charge in [-0.3, -0.25) is 4.90 Å². The zero-order valence-corrected chi connectivity index (χ0v) is 11.6. The maximum absolute atomic E-state index is 5.89. The van der Waals surface area contributed by atoms with Crippen LogP contribution in [-0.2, 0) is 6.42 Å². The predicted octanol–water partition coefficient (Wildman–Crippen LogP) is 2.96. The highest BCUT2D eigenvalue weighted by molar-refractivity contribution is 5.11. The minimum absolute atomic E-state index is 0.192. The molecule has 1 aromatic rings. The number of hydrogen-bond donors (Lipinski definition) is 1. The highest BCUT2D eigenvalue weighted by Gasteiger charge is 2.22. The van der Waals surface area contributed by atoms with Crippen molar-refractivity contribution in [1.82, 2.24) is 4.90 Å². The molecule has 3 heteroatoms. The van der Waals surface area contributed by atoms with Gasteiger partial charge in [0.25, 0.3) is 0 Å². The van der Waals surface area contributed by atoms with Gasteiger partial charge < -0.3 is 10.2 Å². The van der Waals surface area contributed by atoms with E-state index in [9.17, 15) is 0 Å². The number of nitrogens with zero attached hydrogens (tertiary/aromatic N) is 1. The third-order valence-electron chi connectivity index (χ3n) is 3.48. The molecule has 2 atom stereocenters. The smallest absolute Gasteiger partial charge is 0.122 e. The zero-order chi connectivity index (χ0) is 12.8. The van der Waals surface area contributed by atoms with Gasteiger partial charge in [-0.15, -0.1) is 0 Å². The van der Waals surface area contributed by atoms with Crippen molar-refractivity contribution < 1.29 is 4.42 Å². The first-order valence-corrected chi connectivity index (χ1v) is 6.64. The molecule has 2 N–H and O–H groups in total. The van der Waals surface area contributed by atoms with E-state index >= 15 is 0 Å². The van der Waals surface area contributed by atoms with Crippen LogP contribution in [0.15, 0.2) is 16.5 Å². The van der Waals surface area contributed by atoms with E-state index in [-0.39, 0.29) is 6.04 Å². The number of furan rings is 1. The van der Waals surface area contributed by atoms with Crippen molar-refractivity contribution in [2.75, 3.05) is 13.6 Å². The van der Waals surface area contributed by atoms with Crippen molar-refractivity contribution in [3.8, 4) is 0 Å². The molecule has 0 radical (unpaired) electrons. The summed E-state index contributed by atoms with van der Waals surface area (Å²) in [4.78, 5) is 2.32. The van der Waals surface area contributed by atoms with Crippen molar-refractivity contribution in [1.29, 1.82) is 0 Å². The number of aryl methyl sites for hydroxylation is 1. The molecule has 1 aromatic heterocycles. The highest BCUT2D eigenvalue weighted by atomic mass is 16.3. The summed E-state index contributed by atoms with van der Waals surface area (Å²) in [5, 5.41) is 0. The standard InChI is InChI=1S/C14H26N2O/c1-5-7-11(3)16(4)13(10-15)14-9-8-12(6-2)17-14/h8-9,11,13H,5-7,10,15H2,1-4H3. The molecule has 98 valence electrons. The normalized spacial score (nSPS) is 15.2. The third kappa shape index (κ3) is 3.58. The first-order chi connectivity index (χ1) is 8.13. The molecule has 1 heterocycles. The molecule has 17 heavy (non-hydrogen) atoms. The van der Waals surface area contributed by atoms with E-state index in [1.165, 1.54) is 12.8 Å². The van der Waals surface area contributed by atoms with Gasteiger partial charge in [0.05, 0.1) is 6.04 Å². The van der Waals surface area contributed by atoms with E-state index in [0.717, 1.165) is 17.9 Å². The Kier molecular flexibility index (Phi) is 5.72. The second-order valence-corrected chi connectivity index (χ2v) is 4.71. The van der Waals surface area contributed by atoms with Crippen LogP contribution in [-0.4, -0.2) is 24.5 Å². The zero-order valence-electron chi connectivity index (χ0n) is 11.6. The van der Waals surface area contributed by atoms with E-state index in [0.29, 0.717) is 12.6 Å². The molecule has 2 unspecified atom stereocenters. The van der Waals surface area contributed by atoms with Crippen molar-refractivity contribution in [2.24, 2.45) is 5.73 Å². The van der Waals surface area contributed by atoms with Crippen LogP contribution in [0.5, 0.6) is 0 Å². The maximum atomic E-state index is 5.89. The number of likely N-dealkylation sites (N-methyl/N-ethyl adjacent to an activating group) is 1. The Bertz CT molecular complexity index is 322. The first-order valence-electron chi connectivity index (χ1n) is 6.64. The van der Waals surface area contributed by atoms with Gasteiger partial charge in [0.1, 0.15) is 11.5 Å². The summed E-state index contributed by atoms with van der Waals surface area (Å²) in [6, 6.07) is 4.84. The summed E-state index contributed by atoms with van der Waals surface area (Å²) in [6.45, 7) is 7.16. The quantitative estimate of drug-likeness (QED) is 0.794. The van der Waals surface area contributed by atoms with E-state index < -0.39 is 0 Å². The van der Waals surface area contributed by atoms with Crippen molar-refractivity contribution in [3.63, 3.8) is 0 Å². The fourth-order valence-electron chi connectivity index (χ4n) is 2.18. The minimum atomic E-state index is 0.192. The molecule has 0 saturated carbocycles. The molecular formula is C14H26N2O. The fraction of sp³-hybridized carbons (Fsp3) is 0.714. The molecule has 0 fully saturated rings. The Morgan fingerprint density at radius 1 is 1.35 bits per heavy atom. The van der Waals surface area contributed by atoms with Gasteiger partial charge in [-0.05, 0) is 32.5 Å². The largest absolute Gasteiger partial charge is 0.464 e. The van der Waals surface area contributed by atoms with Gasteiger partial charge in [-0.2, -0.15) is 0 Å². The van der Waals surface area contributed by atoms with Gasteiger partial charge in [0, 0.05) is 19.0 Å². The Labute approximate surface area is 105 Å². The second kappa shape index (κ2) is 6.82. The SMILES string of the molecule is CCCC(C)N(C)C(CN)c1ccc(CC)o1. The minimum Gasteiger partial charge on any atom is -0.464 e. The molecule has 3 nitrogen and oxygen atoms in total. The third-order valence-corrected chi connectivity index (χ3v) is 3.48. The van der Waals surface area contributed by atoms with Gasteiger partial charge in [0.2, 0.25) is 0 Å². The van der Waals surface area contributed by atoms with Gasteiger partial charge in [-0.1, -0.05) is 20.3 Å². The van der Waals surface area contributed by atoms with Gasteiger partial charge in [-0.25, -0.2) is 0 Å². The van der Waals surface area contributed by atoms with Gasteiger partial charge >= 0.3 is 0 Å². The average Bonchev–Trinajstić information content (AvgIpc) is 2.79. The van der Waals surface area contributed by atoms with Crippen LogP contribution in [0.4, 0.5) is 0 Å². The Balaban J connectivity index is 2.76. The molecule has 0 aliphatic carbocycles. The summed E-state index contributed by atoms with van der Waals surface area (Å²) in [7, 11) is 2.13. The fourth-order valence-corrected chi connectivity index (χ4v) is 2.18. The molecule has 0 spiro atoms. The first kappa shape index (κ1) is 14.3. The number of hydrogen-bond acceptors (Lipinski definition) is 3.